The third-order valence-electron chi connectivity index (χ3n) is 5.75. The van der Waals surface area contributed by atoms with E-state index in [1.54, 1.807) is 0 Å². The molecule has 32 heavy (non-hydrogen) atoms. The summed E-state index contributed by atoms with van der Waals surface area (Å²) >= 11 is 4.55. The highest BCUT2D eigenvalue weighted by molar-refractivity contribution is 7.80. The van der Waals surface area contributed by atoms with E-state index >= 15 is 0 Å². The SMILES string of the molecule is CCNCCCCNCCCCNCCC(CS)CNCCCCNCCCCNCC. The van der Waals surface area contributed by atoms with Gasteiger partial charge in [0.1, 0.15) is 0 Å². The molecule has 0 spiro atoms. The average Bonchev–Trinajstić information content (AvgIpc) is 2.81. The molecule has 0 aromatic carbocycles. The monoisotopic (exact) mass is 474 g/mol. The van der Waals surface area contributed by atoms with Gasteiger partial charge in [0.2, 0.25) is 0 Å². The van der Waals surface area contributed by atoms with Gasteiger partial charge in [0, 0.05) is 0 Å². The number of unbranched alkanes of at least 4 members (excludes halogenated alkanes) is 4. The molecule has 194 valence electrons. The van der Waals surface area contributed by atoms with E-state index in [1.165, 1.54) is 57.8 Å². The fourth-order valence-corrected chi connectivity index (χ4v) is 3.91. The second-order valence-corrected chi connectivity index (χ2v) is 9.19. The lowest BCUT2D eigenvalue weighted by Gasteiger charge is -2.16. The van der Waals surface area contributed by atoms with Gasteiger partial charge in [0.05, 0.1) is 0 Å². The number of thiol groups is 1. The highest BCUT2D eigenvalue weighted by Gasteiger charge is 2.05. The summed E-state index contributed by atoms with van der Waals surface area (Å²) in [7, 11) is 0. The standard InChI is InChI=1S/C25H58N6S/c1-3-26-14-5-7-16-28-18-9-10-20-30-22-13-25(24-32)23-31-21-12-11-19-29-17-8-6-15-27-4-2/h25-32H,3-24H2,1-2H3. The van der Waals surface area contributed by atoms with Gasteiger partial charge < -0.3 is 31.9 Å². The lowest BCUT2D eigenvalue weighted by atomic mass is 10.1. The third kappa shape index (κ3) is 26.4. The summed E-state index contributed by atoms with van der Waals surface area (Å²) in [5.41, 5.74) is 0. The van der Waals surface area contributed by atoms with E-state index in [2.05, 4.69) is 58.4 Å². The van der Waals surface area contributed by atoms with Crippen molar-refractivity contribution in [3.05, 3.63) is 0 Å². The van der Waals surface area contributed by atoms with E-state index in [0.29, 0.717) is 5.92 Å². The van der Waals surface area contributed by atoms with Gasteiger partial charge in [0.15, 0.2) is 0 Å². The summed E-state index contributed by atoms with van der Waals surface area (Å²) < 4.78 is 0. The highest BCUT2D eigenvalue weighted by atomic mass is 32.1. The largest absolute Gasteiger partial charge is 0.317 e. The van der Waals surface area contributed by atoms with Crippen molar-refractivity contribution in [1.29, 1.82) is 0 Å². The molecule has 0 aliphatic heterocycles. The minimum Gasteiger partial charge on any atom is -0.317 e. The lowest BCUT2D eigenvalue weighted by Crippen LogP contribution is -2.29. The van der Waals surface area contributed by atoms with E-state index in [0.717, 1.165) is 84.3 Å². The van der Waals surface area contributed by atoms with Crippen LogP contribution in [0.2, 0.25) is 0 Å². The molecule has 1 atom stereocenters. The van der Waals surface area contributed by atoms with Crippen LogP contribution in [0.25, 0.3) is 0 Å². The molecule has 0 saturated carbocycles. The van der Waals surface area contributed by atoms with Crippen molar-refractivity contribution in [3.63, 3.8) is 0 Å². The number of rotatable bonds is 28. The highest BCUT2D eigenvalue weighted by Crippen LogP contribution is 2.03. The van der Waals surface area contributed by atoms with Crippen LogP contribution in [-0.4, -0.2) is 84.3 Å². The summed E-state index contributed by atoms with van der Waals surface area (Å²) in [6.07, 6.45) is 11.4. The maximum atomic E-state index is 4.55. The summed E-state index contributed by atoms with van der Waals surface area (Å²) in [5.74, 6) is 1.64. The van der Waals surface area contributed by atoms with Crippen molar-refractivity contribution in [2.75, 3.05) is 84.3 Å². The maximum absolute atomic E-state index is 4.55. The predicted molar refractivity (Wildman–Crippen MR) is 147 cm³/mol. The Kier molecular flexibility index (Phi) is 29.2. The van der Waals surface area contributed by atoms with E-state index in [4.69, 9.17) is 0 Å². The quantitative estimate of drug-likeness (QED) is 0.0699. The summed E-state index contributed by atoms with van der Waals surface area (Å²) in [5, 5.41) is 21.1. The molecule has 0 fully saturated rings. The molecule has 0 aliphatic carbocycles. The first-order chi connectivity index (χ1) is 15.8. The van der Waals surface area contributed by atoms with Gasteiger partial charge in [-0.05, 0) is 148 Å². The topological polar surface area (TPSA) is 72.2 Å². The van der Waals surface area contributed by atoms with Crippen LogP contribution < -0.4 is 31.9 Å². The lowest BCUT2D eigenvalue weighted by molar-refractivity contribution is 0.459. The maximum Gasteiger partial charge on any atom is -0.00122 e. The number of nitrogens with one attached hydrogen (secondary N) is 6. The molecule has 0 rings (SSSR count). The summed E-state index contributed by atoms with van der Waals surface area (Å²) in [6, 6.07) is 0. The molecule has 0 aromatic heterocycles. The smallest absolute Gasteiger partial charge is 0.00122 e. The second kappa shape index (κ2) is 29.1. The number of hydrogen-bond acceptors (Lipinski definition) is 7. The molecule has 6 N–H and O–H groups in total. The fourth-order valence-electron chi connectivity index (χ4n) is 3.60. The van der Waals surface area contributed by atoms with Crippen LogP contribution in [0.15, 0.2) is 0 Å². The van der Waals surface area contributed by atoms with Crippen LogP contribution in [0.5, 0.6) is 0 Å². The Labute approximate surface area is 206 Å². The van der Waals surface area contributed by atoms with Crippen molar-refractivity contribution < 1.29 is 0 Å². The average molecular weight is 475 g/mol. The van der Waals surface area contributed by atoms with Gasteiger partial charge in [-0.3, -0.25) is 0 Å². The number of hydrogen-bond donors (Lipinski definition) is 7. The molecule has 0 aromatic rings. The first-order valence-electron chi connectivity index (χ1n) is 13.7. The van der Waals surface area contributed by atoms with Crippen molar-refractivity contribution in [2.45, 2.75) is 71.6 Å². The molecule has 1 unspecified atom stereocenters. The van der Waals surface area contributed by atoms with Crippen LogP contribution in [0, 0.1) is 5.92 Å². The zero-order valence-corrected chi connectivity index (χ0v) is 22.5. The fraction of sp³-hybridized carbons (Fsp3) is 1.00. The minimum atomic E-state index is 0.671. The van der Waals surface area contributed by atoms with Crippen LogP contribution in [-0.2, 0) is 0 Å². The Morgan fingerprint density at radius 3 is 1.19 bits per heavy atom. The van der Waals surface area contributed by atoms with E-state index in [1.807, 2.05) is 0 Å². The van der Waals surface area contributed by atoms with Gasteiger partial charge in [0.25, 0.3) is 0 Å². The van der Waals surface area contributed by atoms with Gasteiger partial charge in [-0.25, -0.2) is 0 Å². The molecule has 0 radical (unpaired) electrons. The van der Waals surface area contributed by atoms with E-state index in [-0.39, 0.29) is 0 Å². The Morgan fingerprint density at radius 2 is 0.812 bits per heavy atom. The Balaban J connectivity index is 3.26. The third-order valence-corrected chi connectivity index (χ3v) is 6.27. The normalized spacial score (nSPS) is 12.5. The Morgan fingerprint density at radius 1 is 0.469 bits per heavy atom. The summed E-state index contributed by atoms with van der Waals surface area (Å²) in [4.78, 5) is 0. The van der Waals surface area contributed by atoms with Crippen molar-refractivity contribution in [2.24, 2.45) is 5.92 Å². The van der Waals surface area contributed by atoms with Gasteiger partial charge in [-0.2, -0.15) is 12.6 Å². The molecular formula is C25H58N6S. The summed E-state index contributed by atoms with van der Waals surface area (Å²) in [6.45, 7) is 17.9. The molecule has 0 heterocycles. The van der Waals surface area contributed by atoms with Crippen molar-refractivity contribution >= 4 is 12.6 Å². The Hall–Kier alpha value is 0.110. The molecule has 0 amide bonds. The van der Waals surface area contributed by atoms with Crippen molar-refractivity contribution in [1.82, 2.24) is 31.9 Å². The van der Waals surface area contributed by atoms with E-state index < -0.39 is 0 Å². The van der Waals surface area contributed by atoms with Crippen LogP contribution in [0.1, 0.15) is 71.6 Å². The van der Waals surface area contributed by atoms with Crippen molar-refractivity contribution in [3.8, 4) is 0 Å². The first-order valence-corrected chi connectivity index (χ1v) is 14.3. The molecule has 0 bridgehead atoms. The van der Waals surface area contributed by atoms with Crippen LogP contribution >= 0.6 is 12.6 Å². The molecule has 0 saturated heterocycles. The molecule has 6 nitrogen and oxygen atoms in total. The van der Waals surface area contributed by atoms with Gasteiger partial charge in [-0.15, -0.1) is 0 Å². The predicted octanol–water partition coefficient (Wildman–Crippen LogP) is 2.62. The molecule has 7 heteroatoms. The van der Waals surface area contributed by atoms with Gasteiger partial charge in [-0.1, -0.05) is 13.8 Å². The molecule has 0 aliphatic rings. The zero-order chi connectivity index (χ0) is 23.4. The second-order valence-electron chi connectivity index (χ2n) is 8.83. The first kappa shape index (κ1) is 32.1. The minimum absolute atomic E-state index is 0.671. The van der Waals surface area contributed by atoms with E-state index in [9.17, 15) is 0 Å². The van der Waals surface area contributed by atoms with Crippen LogP contribution in [0.4, 0.5) is 0 Å². The Bertz CT molecular complexity index is 336. The van der Waals surface area contributed by atoms with Crippen LogP contribution in [0.3, 0.4) is 0 Å². The zero-order valence-electron chi connectivity index (χ0n) is 21.6. The molecular weight excluding hydrogens is 416 g/mol. The van der Waals surface area contributed by atoms with Gasteiger partial charge >= 0.3 is 0 Å².